The maximum atomic E-state index is 5.41. The molecule has 2 aliphatic rings. The van der Waals surface area contributed by atoms with Gasteiger partial charge < -0.3 is 14.8 Å². The standard InChI is InChI=1S/C13H17N3O2S/c1-17-11-3-2-10(8-14-11)15-12-16-13(9-19-12)4-6-18-7-5-13/h2-3,8H,4-7,9H2,1H3,(H,15,16). The number of nitrogens with zero attached hydrogens (tertiary/aromatic N) is 2. The molecule has 0 bridgehead atoms. The van der Waals surface area contributed by atoms with Crippen LogP contribution in [0.15, 0.2) is 23.3 Å². The van der Waals surface area contributed by atoms with Crippen molar-refractivity contribution in [2.75, 3.05) is 31.4 Å². The molecule has 0 unspecified atom stereocenters. The molecule has 1 aromatic heterocycles. The van der Waals surface area contributed by atoms with Gasteiger partial charge in [0.25, 0.3) is 0 Å². The van der Waals surface area contributed by atoms with Gasteiger partial charge in [0.2, 0.25) is 5.88 Å². The van der Waals surface area contributed by atoms with Gasteiger partial charge in [-0.05, 0) is 18.9 Å². The molecule has 0 aliphatic carbocycles. The van der Waals surface area contributed by atoms with E-state index in [1.807, 2.05) is 12.1 Å². The average Bonchev–Trinajstić information content (AvgIpc) is 2.83. The van der Waals surface area contributed by atoms with E-state index in [4.69, 9.17) is 14.5 Å². The first-order chi connectivity index (χ1) is 9.30. The number of rotatable bonds is 2. The third-order valence-corrected chi connectivity index (χ3v) is 4.59. The van der Waals surface area contributed by atoms with Crippen LogP contribution in [0.5, 0.6) is 5.88 Å². The maximum Gasteiger partial charge on any atom is 0.213 e. The van der Waals surface area contributed by atoms with Crippen LogP contribution < -0.4 is 10.1 Å². The zero-order chi connectivity index (χ0) is 13.1. The predicted molar refractivity (Wildman–Crippen MR) is 77.1 cm³/mol. The van der Waals surface area contributed by atoms with Crippen LogP contribution in [0.4, 0.5) is 5.69 Å². The van der Waals surface area contributed by atoms with E-state index in [1.54, 1.807) is 25.1 Å². The lowest BCUT2D eigenvalue weighted by molar-refractivity contribution is 0.0624. The van der Waals surface area contributed by atoms with Gasteiger partial charge in [0.1, 0.15) is 0 Å². The Morgan fingerprint density at radius 1 is 1.37 bits per heavy atom. The normalized spacial score (nSPS) is 21.2. The summed E-state index contributed by atoms with van der Waals surface area (Å²) in [7, 11) is 1.61. The van der Waals surface area contributed by atoms with Crippen molar-refractivity contribution in [2.45, 2.75) is 18.4 Å². The van der Waals surface area contributed by atoms with Crippen molar-refractivity contribution in [3.63, 3.8) is 0 Å². The Hall–Kier alpha value is -1.27. The summed E-state index contributed by atoms with van der Waals surface area (Å²) >= 11 is 1.78. The molecule has 0 atom stereocenters. The summed E-state index contributed by atoms with van der Waals surface area (Å²) in [5, 5.41) is 4.30. The number of methoxy groups -OCH3 is 1. The molecule has 0 saturated carbocycles. The first kappa shape index (κ1) is 12.7. The summed E-state index contributed by atoms with van der Waals surface area (Å²) in [5.74, 6) is 1.66. The van der Waals surface area contributed by atoms with Gasteiger partial charge in [-0.3, -0.25) is 4.99 Å². The number of anilines is 1. The zero-order valence-corrected chi connectivity index (χ0v) is 11.7. The monoisotopic (exact) mass is 279 g/mol. The van der Waals surface area contributed by atoms with Crippen LogP contribution in [0, 0.1) is 0 Å². The second-order valence-electron chi connectivity index (χ2n) is 4.76. The Morgan fingerprint density at radius 2 is 2.21 bits per heavy atom. The van der Waals surface area contributed by atoms with Crippen molar-refractivity contribution in [2.24, 2.45) is 4.99 Å². The largest absolute Gasteiger partial charge is 0.481 e. The van der Waals surface area contributed by atoms with Crippen molar-refractivity contribution in [1.82, 2.24) is 4.98 Å². The van der Waals surface area contributed by atoms with Gasteiger partial charge in [-0.2, -0.15) is 0 Å². The van der Waals surface area contributed by atoms with Crippen molar-refractivity contribution >= 4 is 22.6 Å². The molecular weight excluding hydrogens is 262 g/mol. The minimum Gasteiger partial charge on any atom is -0.481 e. The number of hydrogen-bond acceptors (Lipinski definition) is 6. The predicted octanol–water partition coefficient (Wildman–Crippen LogP) is 2.15. The molecule has 19 heavy (non-hydrogen) atoms. The van der Waals surface area contributed by atoms with Crippen LogP contribution in [0.2, 0.25) is 0 Å². The Kier molecular flexibility index (Phi) is 3.61. The third kappa shape index (κ3) is 2.84. The second-order valence-corrected chi connectivity index (χ2v) is 5.72. The molecule has 1 spiro atoms. The van der Waals surface area contributed by atoms with Crippen molar-refractivity contribution in [1.29, 1.82) is 0 Å². The van der Waals surface area contributed by atoms with Crippen LogP contribution in [-0.2, 0) is 4.74 Å². The fraction of sp³-hybridized carbons (Fsp3) is 0.538. The Balaban J connectivity index is 1.67. The van der Waals surface area contributed by atoms with E-state index in [-0.39, 0.29) is 5.54 Å². The fourth-order valence-electron chi connectivity index (χ4n) is 2.25. The molecule has 5 nitrogen and oxygen atoms in total. The van der Waals surface area contributed by atoms with Crippen LogP contribution in [-0.4, -0.2) is 41.8 Å². The van der Waals surface area contributed by atoms with E-state index >= 15 is 0 Å². The quantitative estimate of drug-likeness (QED) is 0.899. The number of ether oxygens (including phenoxy) is 2. The van der Waals surface area contributed by atoms with E-state index in [2.05, 4.69) is 10.3 Å². The topological polar surface area (TPSA) is 55.7 Å². The highest BCUT2D eigenvalue weighted by Crippen LogP contribution is 2.36. The third-order valence-electron chi connectivity index (χ3n) is 3.44. The number of nitrogens with one attached hydrogen (secondary N) is 1. The maximum absolute atomic E-state index is 5.41. The summed E-state index contributed by atoms with van der Waals surface area (Å²) in [4.78, 5) is 9.02. The number of pyridine rings is 1. The van der Waals surface area contributed by atoms with E-state index in [1.165, 1.54) is 0 Å². The molecule has 3 rings (SSSR count). The van der Waals surface area contributed by atoms with Crippen molar-refractivity contribution < 1.29 is 9.47 Å². The van der Waals surface area contributed by atoms with Gasteiger partial charge in [0, 0.05) is 25.0 Å². The molecule has 0 radical (unpaired) electrons. The Bertz CT molecular complexity index is 469. The molecule has 3 heterocycles. The molecular formula is C13H17N3O2S. The molecule has 0 aromatic carbocycles. The van der Waals surface area contributed by atoms with Crippen LogP contribution >= 0.6 is 11.8 Å². The lowest BCUT2D eigenvalue weighted by atomic mass is 9.93. The number of aromatic nitrogens is 1. The lowest BCUT2D eigenvalue weighted by Crippen LogP contribution is -2.34. The summed E-state index contributed by atoms with van der Waals surface area (Å²) in [5.41, 5.74) is 1.03. The molecule has 0 amide bonds. The molecule has 1 N–H and O–H groups in total. The second kappa shape index (κ2) is 5.38. The minimum atomic E-state index is 0.0884. The molecule has 2 aliphatic heterocycles. The highest BCUT2D eigenvalue weighted by molar-refractivity contribution is 8.14. The van der Waals surface area contributed by atoms with Crippen molar-refractivity contribution in [3.8, 4) is 5.88 Å². The highest BCUT2D eigenvalue weighted by Gasteiger charge is 2.37. The van der Waals surface area contributed by atoms with Crippen LogP contribution in [0.3, 0.4) is 0 Å². The minimum absolute atomic E-state index is 0.0884. The molecule has 1 aromatic rings. The Labute approximate surface area is 116 Å². The van der Waals surface area contributed by atoms with Crippen LogP contribution in [0.1, 0.15) is 12.8 Å². The summed E-state index contributed by atoms with van der Waals surface area (Å²) in [6, 6.07) is 3.79. The number of hydrogen-bond donors (Lipinski definition) is 1. The van der Waals surface area contributed by atoms with Crippen molar-refractivity contribution in [3.05, 3.63) is 18.3 Å². The lowest BCUT2D eigenvalue weighted by Gasteiger charge is -2.29. The smallest absolute Gasteiger partial charge is 0.213 e. The Morgan fingerprint density at radius 3 is 2.89 bits per heavy atom. The molecule has 1 saturated heterocycles. The van der Waals surface area contributed by atoms with Gasteiger partial charge in [0.15, 0.2) is 5.17 Å². The number of amidine groups is 1. The van der Waals surface area contributed by atoms with E-state index in [0.717, 1.165) is 42.7 Å². The summed E-state index contributed by atoms with van der Waals surface area (Å²) in [6.07, 6.45) is 3.80. The molecule has 102 valence electrons. The van der Waals surface area contributed by atoms with E-state index < -0.39 is 0 Å². The van der Waals surface area contributed by atoms with Crippen LogP contribution in [0.25, 0.3) is 0 Å². The number of aliphatic imine (C=N–C) groups is 1. The molecule has 6 heteroatoms. The van der Waals surface area contributed by atoms with Gasteiger partial charge in [0.05, 0.1) is 24.5 Å². The first-order valence-corrected chi connectivity index (χ1v) is 7.36. The van der Waals surface area contributed by atoms with E-state index in [0.29, 0.717) is 5.88 Å². The van der Waals surface area contributed by atoms with Gasteiger partial charge in [-0.25, -0.2) is 4.98 Å². The fourth-order valence-corrected chi connectivity index (χ4v) is 3.46. The number of thioether (sulfide) groups is 1. The SMILES string of the molecule is COc1ccc(NC2=NC3(CCOCC3)CS2)cn1. The highest BCUT2D eigenvalue weighted by atomic mass is 32.2. The summed E-state index contributed by atoms with van der Waals surface area (Å²) < 4.78 is 10.5. The zero-order valence-electron chi connectivity index (χ0n) is 10.9. The van der Waals surface area contributed by atoms with Gasteiger partial charge in [-0.15, -0.1) is 0 Å². The van der Waals surface area contributed by atoms with E-state index in [9.17, 15) is 0 Å². The average molecular weight is 279 g/mol. The summed E-state index contributed by atoms with van der Waals surface area (Å²) in [6.45, 7) is 1.64. The van der Waals surface area contributed by atoms with Gasteiger partial charge in [-0.1, -0.05) is 11.8 Å². The molecule has 1 fully saturated rings. The van der Waals surface area contributed by atoms with Gasteiger partial charge >= 0.3 is 0 Å². The first-order valence-electron chi connectivity index (χ1n) is 6.37.